The lowest BCUT2D eigenvalue weighted by atomic mass is 10.2. The molecule has 5 heteroatoms. The summed E-state index contributed by atoms with van der Waals surface area (Å²) in [5.41, 5.74) is 7.26. The van der Waals surface area contributed by atoms with Crippen molar-refractivity contribution in [2.24, 2.45) is 5.73 Å². The number of thioether (sulfide) groups is 1. The zero-order valence-electron chi connectivity index (χ0n) is 10.9. The van der Waals surface area contributed by atoms with E-state index in [4.69, 9.17) is 17.3 Å². The fourth-order valence-electron chi connectivity index (χ4n) is 1.76. The number of nitrogens with zero attached hydrogens (tertiary/aromatic N) is 2. The molecule has 0 saturated heterocycles. The van der Waals surface area contributed by atoms with Gasteiger partial charge in [-0.25, -0.2) is 0 Å². The second-order valence-electron chi connectivity index (χ2n) is 4.38. The van der Waals surface area contributed by atoms with Crippen molar-refractivity contribution in [1.29, 1.82) is 0 Å². The van der Waals surface area contributed by atoms with Gasteiger partial charge in [-0.05, 0) is 18.6 Å². The minimum atomic E-state index is -0.0214. The molecular formula is C14H18ClN3S. The van der Waals surface area contributed by atoms with Gasteiger partial charge in [0.15, 0.2) is 0 Å². The van der Waals surface area contributed by atoms with Crippen LogP contribution in [-0.2, 0) is 6.54 Å². The minimum absolute atomic E-state index is 0.0214. The third kappa shape index (κ3) is 4.00. The molecule has 0 radical (unpaired) electrons. The summed E-state index contributed by atoms with van der Waals surface area (Å²) in [5, 5.41) is 5.08. The van der Waals surface area contributed by atoms with Crippen LogP contribution in [0, 0.1) is 0 Å². The van der Waals surface area contributed by atoms with E-state index in [1.807, 2.05) is 41.3 Å². The Morgan fingerprint density at radius 2 is 2.21 bits per heavy atom. The van der Waals surface area contributed by atoms with Crippen molar-refractivity contribution in [1.82, 2.24) is 9.78 Å². The predicted octanol–water partition coefficient (Wildman–Crippen LogP) is 3.74. The summed E-state index contributed by atoms with van der Waals surface area (Å²) in [6.07, 6.45) is 4.96. The number of benzene rings is 1. The lowest BCUT2D eigenvalue weighted by Crippen LogP contribution is -2.12. The summed E-state index contributed by atoms with van der Waals surface area (Å²) in [7, 11) is 0. The molecule has 2 rings (SSSR count). The molecule has 0 aliphatic carbocycles. The average molecular weight is 296 g/mol. The molecule has 1 aromatic heterocycles. The minimum Gasteiger partial charge on any atom is -0.323 e. The molecule has 0 bridgehead atoms. The summed E-state index contributed by atoms with van der Waals surface area (Å²) >= 11 is 7.80. The molecule has 0 saturated carbocycles. The second kappa shape index (κ2) is 6.98. The molecule has 0 aliphatic rings. The van der Waals surface area contributed by atoms with E-state index in [1.165, 1.54) is 0 Å². The van der Waals surface area contributed by atoms with Crippen molar-refractivity contribution in [3.63, 3.8) is 0 Å². The van der Waals surface area contributed by atoms with Gasteiger partial charge < -0.3 is 5.73 Å². The third-order valence-electron chi connectivity index (χ3n) is 2.79. The molecule has 2 aromatic rings. The molecule has 1 unspecified atom stereocenters. The maximum Gasteiger partial charge on any atom is 0.0541 e. The Kier molecular flexibility index (Phi) is 5.31. The fraction of sp³-hybridized carbons (Fsp3) is 0.357. The smallest absolute Gasteiger partial charge is 0.0541 e. The number of aryl methyl sites for hydroxylation is 1. The molecule has 0 fully saturated rings. The Bertz CT molecular complexity index is 527. The maximum atomic E-state index is 6.19. The number of hydrogen-bond acceptors (Lipinski definition) is 3. The highest BCUT2D eigenvalue weighted by Gasteiger charge is 2.10. The standard InChI is InChI=1S/C14H18ClN3S/c1-2-7-18-9-11(8-17-18)13(16)10-19-14-6-4-3-5-12(14)15/h3-6,8-9,13H,2,7,10,16H2,1H3. The lowest BCUT2D eigenvalue weighted by Gasteiger charge is -2.09. The van der Waals surface area contributed by atoms with Crippen LogP contribution >= 0.6 is 23.4 Å². The van der Waals surface area contributed by atoms with E-state index in [9.17, 15) is 0 Å². The average Bonchev–Trinajstić information content (AvgIpc) is 2.87. The molecule has 1 aromatic carbocycles. The molecule has 3 nitrogen and oxygen atoms in total. The third-order valence-corrected chi connectivity index (χ3v) is 4.42. The van der Waals surface area contributed by atoms with Gasteiger partial charge in [-0.2, -0.15) is 5.10 Å². The van der Waals surface area contributed by atoms with Crippen molar-refractivity contribution in [2.75, 3.05) is 5.75 Å². The molecule has 19 heavy (non-hydrogen) atoms. The molecule has 1 heterocycles. The second-order valence-corrected chi connectivity index (χ2v) is 5.85. The van der Waals surface area contributed by atoms with Crippen LogP contribution in [0.15, 0.2) is 41.6 Å². The van der Waals surface area contributed by atoms with Crippen molar-refractivity contribution in [3.8, 4) is 0 Å². The summed E-state index contributed by atoms with van der Waals surface area (Å²) in [6, 6.07) is 7.81. The Labute approximate surface area is 123 Å². The van der Waals surface area contributed by atoms with E-state index in [0.29, 0.717) is 0 Å². The molecular weight excluding hydrogens is 278 g/mol. The normalized spacial score (nSPS) is 12.6. The first-order valence-corrected chi connectivity index (χ1v) is 7.72. The monoisotopic (exact) mass is 295 g/mol. The van der Waals surface area contributed by atoms with Gasteiger partial charge in [-0.1, -0.05) is 30.7 Å². The van der Waals surface area contributed by atoms with E-state index >= 15 is 0 Å². The Morgan fingerprint density at radius 3 is 2.95 bits per heavy atom. The van der Waals surface area contributed by atoms with E-state index in [2.05, 4.69) is 12.0 Å². The largest absolute Gasteiger partial charge is 0.323 e. The van der Waals surface area contributed by atoms with Crippen LogP contribution in [0.2, 0.25) is 5.02 Å². The lowest BCUT2D eigenvalue weighted by molar-refractivity contribution is 0.601. The molecule has 2 N–H and O–H groups in total. The number of halogens is 1. The van der Waals surface area contributed by atoms with Crippen LogP contribution in [0.3, 0.4) is 0 Å². The van der Waals surface area contributed by atoms with E-state index in [1.54, 1.807) is 11.8 Å². The van der Waals surface area contributed by atoms with Gasteiger partial charge in [0.1, 0.15) is 0 Å². The van der Waals surface area contributed by atoms with Gasteiger partial charge >= 0.3 is 0 Å². The van der Waals surface area contributed by atoms with Gasteiger partial charge in [0.05, 0.1) is 11.2 Å². The van der Waals surface area contributed by atoms with Gasteiger partial charge in [-0.15, -0.1) is 11.8 Å². The van der Waals surface area contributed by atoms with Gasteiger partial charge in [0.25, 0.3) is 0 Å². The summed E-state index contributed by atoms with van der Waals surface area (Å²) in [6.45, 7) is 3.07. The molecule has 0 spiro atoms. The van der Waals surface area contributed by atoms with Crippen molar-refractivity contribution in [2.45, 2.75) is 30.8 Å². The first-order valence-electron chi connectivity index (χ1n) is 6.36. The Morgan fingerprint density at radius 1 is 1.42 bits per heavy atom. The zero-order chi connectivity index (χ0) is 13.7. The van der Waals surface area contributed by atoms with Crippen molar-refractivity contribution < 1.29 is 0 Å². The molecule has 1 atom stereocenters. The highest BCUT2D eigenvalue weighted by Crippen LogP contribution is 2.29. The first-order chi connectivity index (χ1) is 9.20. The zero-order valence-corrected chi connectivity index (χ0v) is 12.5. The molecule has 0 aliphatic heterocycles. The number of rotatable bonds is 6. The SMILES string of the molecule is CCCn1cc(C(N)CSc2ccccc2Cl)cn1. The van der Waals surface area contributed by atoms with Crippen LogP contribution in [0.25, 0.3) is 0 Å². The van der Waals surface area contributed by atoms with Gasteiger partial charge in [-0.3, -0.25) is 4.68 Å². The van der Waals surface area contributed by atoms with E-state index < -0.39 is 0 Å². The number of aromatic nitrogens is 2. The molecule has 102 valence electrons. The van der Waals surface area contributed by atoms with Crippen molar-refractivity contribution in [3.05, 3.63) is 47.2 Å². The molecule has 0 amide bonds. The number of hydrogen-bond donors (Lipinski definition) is 1. The highest BCUT2D eigenvalue weighted by atomic mass is 35.5. The predicted molar refractivity (Wildman–Crippen MR) is 81.6 cm³/mol. The fourth-order valence-corrected chi connectivity index (χ4v) is 2.99. The van der Waals surface area contributed by atoms with Crippen LogP contribution in [0.5, 0.6) is 0 Å². The van der Waals surface area contributed by atoms with Crippen LogP contribution in [0.4, 0.5) is 0 Å². The van der Waals surface area contributed by atoms with Crippen LogP contribution < -0.4 is 5.73 Å². The van der Waals surface area contributed by atoms with Gasteiger partial charge in [0, 0.05) is 35.0 Å². The van der Waals surface area contributed by atoms with E-state index in [0.717, 1.165) is 34.2 Å². The Balaban J connectivity index is 1.93. The maximum absolute atomic E-state index is 6.19. The highest BCUT2D eigenvalue weighted by molar-refractivity contribution is 7.99. The van der Waals surface area contributed by atoms with Crippen LogP contribution in [-0.4, -0.2) is 15.5 Å². The quantitative estimate of drug-likeness (QED) is 0.826. The summed E-state index contributed by atoms with van der Waals surface area (Å²) < 4.78 is 1.94. The topological polar surface area (TPSA) is 43.8 Å². The van der Waals surface area contributed by atoms with Crippen LogP contribution in [0.1, 0.15) is 24.9 Å². The Hall–Kier alpha value is -0.970. The van der Waals surface area contributed by atoms with Gasteiger partial charge in [0.2, 0.25) is 0 Å². The first kappa shape index (κ1) is 14.4. The summed E-state index contributed by atoms with van der Waals surface area (Å²) in [5.74, 6) is 0.793. The van der Waals surface area contributed by atoms with Crippen molar-refractivity contribution >= 4 is 23.4 Å². The summed E-state index contributed by atoms with van der Waals surface area (Å²) in [4.78, 5) is 1.07. The number of nitrogens with two attached hydrogens (primary N) is 1. The van der Waals surface area contributed by atoms with E-state index in [-0.39, 0.29) is 6.04 Å².